The molecule has 0 aliphatic heterocycles. The van der Waals surface area contributed by atoms with Crippen molar-refractivity contribution in [3.63, 3.8) is 0 Å². The molecule has 0 radical (unpaired) electrons. The summed E-state index contributed by atoms with van der Waals surface area (Å²) >= 11 is 0. The van der Waals surface area contributed by atoms with Gasteiger partial charge in [0.25, 0.3) is 0 Å². The van der Waals surface area contributed by atoms with Gasteiger partial charge in [0, 0.05) is 13.5 Å². The highest BCUT2D eigenvalue weighted by Crippen LogP contribution is 2.25. The summed E-state index contributed by atoms with van der Waals surface area (Å²) in [5.74, 6) is 0.977. The van der Waals surface area contributed by atoms with Crippen LogP contribution >= 0.6 is 0 Å². The quantitative estimate of drug-likeness (QED) is 0.864. The smallest absolute Gasteiger partial charge is 0.112 e. The van der Waals surface area contributed by atoms with Crippen molar-refractivity contribution in [2.45, 2.75) is 51.6 Å². The lowest BCUT2D eigenvalue weighted by Gasteiger charge is -2.27. The zero-order chi connectivity index (χ0) is 13.9. The lowest BCUT2D eigenvalue weighted by Crippen LogP contribution is -2.32. The maximum atomic E-state index is 10.8. The molecule has 0 aliphatic rings. The molecule has 1 N–H and O–H groups in total. The van der Waals surface area contributed by atoms with Gasteiger partial charge in [-0.2, -0.15) is 0 Å². The first-order valence-electron chi connectivity index (χ1n) is 7.22. The van der Waals surface area contributed by atoms with Crippen LogP contribution in [0.15, 0.2) is 24.3 Å². The van der Waals surface area contributed by atoms with Gasteiger partial charge in [0.05, 0.1) is 16.6 Å². The lowest BCUT2D eigenvalue weighted by molar-refractivity contribution is 0.0193. The average molecular weight is 260 g/mol. The Morgan fingerprint density at radius 2 is 1.79 bits per heavy atom. The first-order valence-corrected chi connectivity index (χ1v) is 7.22. The molecule has 104 valence electrons. The Morgan fingerprint density at radius 1 is 1.16 bits per heavy atom. The minimum absolute atomic E-state index is 0.612. The van der Waals surface area contributed by atoms with Crippen LogP contribution in [0, 0.1) is 0 Å². The molecular weight excluding hydrogens is 236 g/mol. The maximum Gasteiger partial charge on any atom is 0.112 e. The number of fused-ring (bicyclic) bond motifs is 1. The molecule has 0 saturated heterocycles. The fraction of sp³-hybridized carbons (Fsp3) is 0.562. The third-order valence-electron chi connectivity index (χ3n) is 3.80. The van der Waals surface area contributed by atoms with Gasteiger partial charge in [0.2, 0.25) is 0 Å². The topological polar surface area (TPSA) is 38.1 Å². The first kappa shape index (κ1) is 14.1. The van der Waals surface area contributed by atoms with Crippen LogP contribution in [-0.2, 0) is 13.5 Å². The van der Waals surface area contributed by atoms with E-state index in [0.29, 0.717) is 6.42 Å². The number of hydrogen-bond acceptors (Lipinski definition) is 2. The molecule has 19 heavy (non-hydrogen) atoms. The Morgan fingerprint density at radius 3 is 2.37 bits per heavy atom. The average Bonchev–Trinajstić information content (AvgIpc) is 2.67. The van der Waals surface area contributed by atoms with E-state index in [4.69, 9.17) is 0 Å². The summed E-state index contributed by atoms with van der Waals surface area (Å²) in [5, 5.41) is 10.8. The zero-order valence-corrected chi connectivity index (χ0v) is 12.2. The zero-order valence-electron chi connectivity index (χ0n) is 12.2. The van der Waals surface area contributed by atoms with E-state index in [1.165, 1.54) is 0 Å². The molecule has 0 aliphatic carbocycles. The Kier molecular flexibility index (Phi) is 4.25. The van der Waals surface area contributed by atoms with Crippen LogP contribution in [0.3, 0.4) is 0 Å². The monoisotopic (exact) mass is 260 g/mol. The summed E-state index contributed by atoms with van der Waals surface area (Å²) in [4.78, 5) is 4.66. The van der Waals surface area contributed by atoms with E-state index in [-0.39, 0.29) is 0 Å². The molecule has 0 amide bonds. The highest BCUT2D eigenvalue weighted by molar-refractivity contribution is 5.75. The number of aryl methyl sites for hydroxylation is 1. The van der Waals surface area contributed by atoms with Crippen molar-refractivity contribution in [2.24, 2.45) is 7.05 Å². The second kappa shape index (κ2) is 5.74. The van der Waals surface area contributed by atoms with Gasteiger partial charge in [-0.05, 0) is 25.0 Å². The Bertz CT molecular complexity index is 539. The molecule has 1 aromatic carbocycles. The number of nitrogens with zero attached hydrogens (tertiary/aromatic N) is 2. The molecule has 0 unspecified atom stereocenters. The number of benzene rings is 1. The molecule has 3 heteroatoms. The summed E-state index contributed by atoms with van der Waals surface area (Å²) in [5.41, 5.74) is 1.53. The van der Waals surface area contributed by atoms with E-state index in [2.05, 4.69) is 29.5 Å². The van der Waals surface area contributed by atoms with Gasteiger partial charge in [-0.25, -0.2) is 4.98 Å². The van der Waals surface area contributed by atoms with Gasteiger partial charge < -0.3 is 9.67 Å². The van der Waals surface area contributed by atoms with Crippen molar-refractivity contribution >= 4 is 11.0 Å². The lowest BCUT2D eigenvalue weighted by atomic mass is 9.89. The van der Waals surface area contributed by atoms with Gasteiger partial charge in [0.15, 0.2) is 0 Å². The molecule has 0 spiro atoms. The standard InChI is InChI=1S/C16H24N2O/c1-4-10-16(19,11-5-2)12-15-17-13-8-6-7-9-14(13)18(15)3/h6-9,19H,4-5,10-12H2,1-3H3. The predicted octanol–water partition coefficient (Wildman–Crippen LogP) is 3.45. The summed E-state index contributed by atoms with van der Waals surface area (Å²) in [6, 6.07) is 8.13. The van der Waals surface area contributed by atoms with Crippen LogP contribution in [0.5, 0.6) is 0 Å². The molecule has 2 rings (SSSR count). The number of imidazole rings is 1. The van der Waals surface area contributed by atoms with Crippen LogP contribution in [-0.4, -0.2) is 20.3 Å². The van der Waals surface area contributed by atoms with E-state index in [1.807, 2.05) is 25.2 Å². The molecule has 1 aromatic heterocycles. The third kappa shape index (κ3) is 2.98. The van der Waals surface area contributed by atoms with E-state index in [1.54, 1.807) is 0 Å². The highest BCUT2D eigenvalue weighted by atomic mass is 16.3. The number of para-hydroxylation sites is 2. The second-order valence-corrected chi connectivity index (χ2v) is 5.48. The summed E-state index contributed by atoms with van der Waals surface area (Å²) in [7, 11) is 2.03. The van der Waals surface area contributed by atoms with Crippen molar-refractivity contribution in [2.75, 3.05) is 0 Å². The summed E-state index contributed by atoms with van der Waals surface area (Å²) in [6.45, 7) is 4.24. The van der Waals surface area contributed by atoms with Crippen molar-refractivity contribution in [1.29, 1.82) is 0 Å². The molecular formula is C16H24N2O. The number of rotatable bonds is 6. The number of aromatic nitrogens is 2. The van der Waals surface area contributed by atoms with Gasteiger partial charge >= 0.3 is 0 Å². The van der Waals surface area contributed by atoms with Gasteiger partial charge in [-0.3, -0.25) is 0 Å². The molecule has 0 fully saturated rings. The van der Waals surface area contributed by atoms with Crippen molar-refractivity contribution < 1.29 is 5.11 Å². The van der Waals surface area contributed by atoms with E-state index in [9.17, 15) is 5.11 Å². The van der Waals surface area contributed by atoms with Crippen molar-refractivity contribution in [3.8, 4) is 0 Å². The Hall–Kier alpha value is -1.35. The second-order valence-electron chi connectivity index (χ2n) is 5.48. The molecule has 1 heterocycles. The third-order valence-corrected chi connectivity index (χ3v) is 3.80. The van der Waals surface area contributed by atoms with Crippen LogP contribution < -0.4 is 0 Å². The summed E-state index contributed by atoms with van der Waals surface area (Å²) < 4.78 is 2.10. The van der Waals surface area contributed by atoms with Crippen LogP contribution in [0.2, 0.25) is 0 Å². The Balaban J connectivity index is 2.31. The minimum Gasteiger partial charge on any atom is -0.389 e. The van der Waals surface area contributed by atoms with Crippen LogP contribution in [0.4, 0.5) is 0 Å². The van der Waals surface area contributed by atoms with Crippen LogP contribution in [0.1, 0.15) is 45.4 Å². The van der Waals surface area contributed by atoms with E-state index < -0.39 is 5.60 Å². The van der Waals surface area contributed by atoms with E-state index in [0.717, 1.165) is 42.5 Å². The fourth-order valence-corrected chi connectivity index (χ4v) is 2.88. The van der Waals surface area contributed by atoms with Crippen molar-refractivity contribution in [3.05, 3.63) is 30.1 Å². The molecule has 2 aromatic rings. The highest BCUT2D eigenvalue weighted by Gasteiger charge is 2.27. The van der Waals surface area contributed by atoms with Crippen LogP contribution in [0.25, 0.3) is 11.0 Å². The summed E-state index contributed by atoms with van der Waals surface area (Å²) in [6.07, 6.45) is 4.31. The number of hydrogen-bond donors (Lipinski definition) is 1. The normalized spacial score (nSPS) is 12.2. The fourth-order valence-electron chi connectivity index (χ4n) is 2.88. The number of aliphatic hydroxyl groups is 1. The molecule has 3 nitrogen and oxygen atoms in total. The molecule has 0 saturated carbocycles. The maximum absolute atomic E-state index is 10.8. The molecule has 0 atom stereocenters. The largest absolute Gasteiger partial charge is 0.389 e. The van der Waals surface area contributed by atoms with Gasteiger partial charge in [-0.15, -0.1) is 0 Å². The van der Waals surface area contributed by atoms with Gasteiger partial charge in [0.1, 0.15) is 5.82 Å². The molecule has 0 bridgehead atoms. The Labute approximate surface area is 115 Å². The predicted molar refractivity (Wildman–Crippen MR) is 79.2 cm³/mol. The van der Waals surface area contributed by atoms with Crippen molar-refractivity contribution in [1.82, 2.24) is 9.55 Å². The minimum atomic E-state index is -0.612. The first-order chi connectivity index (χ1) is 9.09. The van der Waals surface area contributed by atoms with Gasteiger partial charge in [-0.1, -0.05) is 38.8 Å². The SMILES string of the molecule is CCCC(O)(CCC)Cc1nc2ccccc2n1C. The van der Waals surface area contributed by atoms with E-state index >= 15 is 0 Å².